The van der Waals surface area contributed by atoms with E-state index in [9.17, 15) is 9.59 Å². The summed E-state index contributed by atoms with van der Waals surface area (Å²) in [4.78, 5) is 20.7. The van der Waals surface area contributed by atoms with Gasteiger partial charge in [-0.15, -0.1) is 6.54 Å². The molecule has 1 heterocycles. The first-order chi connectivity index (χ1) is 8.03. The van der Waals surface area contributed by atoms with Crippen LogP contribution >= 0.6 is 0 Å². The number of nitrogens with one attached hydrogen (secondary N) is 1. The second-order valence-electron chi connectivity index (χ2n) is 4.45. The van der Waals surface area contributed by atoms with Crippen LogP contribution in [0.25, 0.3) is 11.1 Å². The summed E-state index contributed by atoms with van der Waals surface area (Å²) in [5, 5.41) is 21.1. The molecule has 1 aliphatic heterocycles. The topological polar surface area (TPSA) is 112 Å². The second-order valence-corrected chi connectivity index (χ2v) is 4.45. The van der Waals surface area contributed by atoms with Crippen LogP contribution in [0.2, 0.25) is 0 Å². The van der Waals surface area contributed by atoms with Crippen molar-refractivity contribution in [2.75, 3.05) is 13.1 Å². The van der Waals surface area contributed by atoms with Crippen LogP contribution in [0.15, 0.2) is 0 Å². The van der Waals surface area contributed by atoms with E-state index in [-0.39, 0.29) is 33.9 Å². The van der Waals surface area contributed by atoms with Gasteiger partial charge in [-0.2, -0.15) is 12.6 Å². The van der Waals surface area contributed by atoms with Gasteiger partial charge in [0.1, 0.15) is 0 Å². The molecule has 7 heteroatoms. The Labute approximate surface area is 121 Å². The molecule has 0 bridgehead atoms. The number of aliphatic carboxylic acids is 2. The number of nitrogens with zero attached hydrogens (tertiary/aromatic N) is 1. The Balaban J connectivity index is 0.000000321. The van der Waals surface area contributed by atoms with E-state index in [4.69, 9.17) is 15.9 Å². The summed E-state index contributed by atoms with van der Waals surface area (Å²) in [6.07, 6.45) is 3.63. The Morgan fingerprint density at radius 2 is 1.78 bits per heavy atom. The quantitative estimate of drug-likeness (QED) is 0.657. The minimum atomic E-state index is -1.44. The summed E-state index contributed by atoms with van der Waals surface area (Å²) in [6, 6.07) is 0.389. The fraction of sp³-hybridized carbons (Fsp3) is 0.818. The van der Waals surface area contributed by atoms with E-state index < -0.39 is 17.4 Å². The van der Waals surface area contributed by atoms with Gasteiger partial charge in [-0.1, -0.05) is 12.8 Å². The zero-order valence-electron chi connectivity index (χ0n) is 10.0. The Hall–Kier alpha value is -0.452. The van der Waals surface area contributed by atoms with E-state index in [0.29, 0.717) is 19.0 Å². The Bertz CT molecular complexity index is 273. The van der Waals surface area contributed by atoms with Crippen LogP contribution in [0.1, 0.15) is 32.1 Å². The minimum Gasteiger partial charge on any atom is -0.679 e. The fourth-order valence-corrected chi connectivity index (χ4v) is 1.91. The SMILES string of the molecule is O=C(O)C1(C(=O)O)CCC1.[NH-]CC1CCC[N-]1.[Pt+2]. The van der Waals surface area contributed by atoms with E-state index in [0.717, 1.165) is 13.0 Å². The predicted molar refractivity (Wildman–Crippen MR) is 62.0 cm³/mol. The molecule has 2 aliphatic rings. The van der Waals surface area contributed by atoms with Gasteiger partial charge in [0.15, 0.2) is 5.41 Å². The molecule has 2 rings (SSSR count). The fourth-order valence-electron chi connectivity index (χ4n) is 1.91. The molecular weight excluding hydrogens is 419 g/mol. The molecule has 0 spiro atoms. The van der Waals surface area contributed by atoms with Crippen molar-refractivity contribution in [3.8, 4) is 0 Å². The van der Waals surface area contributed by atoms with Crippen LogP contribution in [0.4, 0.5) is 0 Å². The van der Waals surface area contributed by atoms with Crippen molar-refractivity contribution in [2.45, 2.75) is 38.1 Å². The van der Waals surface area contributed by atoms with Crippen LogP contribution in [-0.4, -0.2) is 41.3 Å². The van der Waals surface area contributed by atoms with E-state index in [2.05, 4.69) is 5.32 Å². The smallest absolute Gasteiger partial charge is 0.679 e. The Morgan fingerprint density at radius 3 is 1.89 bits per heavy atom. The van der Waals surface area contributed by atoms with Gasteiger partial charge in [0.2, 0.25) is 0 Å². The van der Waals surface area contributed by atoms with Crippen molar-refractivity contribution in [2.24, 2.45) is 5.41 Å². The molecular formula is C11H18N2O4Pt. The molecule has 1 unspecified atom stereocenters. The number of hydrogen-bond donors (Lipinski definition) is 2. The first-order valence-corrected chi connectivity index (χ1v) is 5.81. The Kier molecular flexibility index (Phi) is 7.67. The molecule has 0 radical (unpaired) electrons. The van der Waals surface area contributed by atoms with E-state index in [1.54, 1.807) is 0 Å². The van der Waals surface area contributed by atoms with Gasteiger partial charge in [0.05, 0.1) is 0 Å². The Morgan fingerprint density at radius 1 is 1.22 bits per heavy atom. The summed E-state index contributed by atoms with van der Waals surface area (Å²) in [6.45, 7) is 1.50. The molecule has 6 nitrogen and oxygen atoms in total. The van der Waals surface area contributed by atoms with Crippen molar-refractivity contribution in [3.05, 3.63) is 11.1 Å². The number of rotatable bonds is 3. The zero-order valence-corrected chi connectivity index (χ0v) is 12.3. The maximum Gasteiger partial charge on any atom is 2.00 e. The molecule has 0 aromatic heterocycles. The molecule has 2 fully saturated rings. The van der Waals surface area contributed by atoms with Crippen LogP contribution in [0.3, 0.4) is 0 Å². The van der Waals surface area contributed by atoms with Gasteiger partial charge in [-0.05, 0) is 19.3 Å². The van der Waals surface area contributed by atoms with Gasteiger partial charge in [0.25, 0.3) is 0 Å². The van der Waals surface area contributed by atoms with Crippen LogP contribution in [0, 0.1) is 5.41 Å². The zero-order chi connectivity index (χ0) is 12.9. The molecule has 1 aliphatic carbocycles. The maximum atomic E-state index is 10.4. The van der Waals surface area contributed by atoms with Crippen LogP contribution in [0.5, 0.6) is 0 Å². The molecule has 3 N–H and O–H groups in total. The van der Waals surface area contributed by atoms with Gasteiger partial charge < -0.3 is 21.3 Å². The van der Waals surface area contributed by atoms with Crippen molar-refractivity contribution in [1.29, 1.82) is 0 Å². The molecule has 1 saturated heterocycles. The van der Waals surface area contributed by atoms with Crippen molar-refractivity contribution >= 4 is 11.9 Å². The summed E-state index contributed by atoms with van der Waals surface area (Å²) >= 11 is 0. The first-order valence-electron chi connectivity index (χ1n) is 5.81. The molecule has 0 aromatic carbocycles. The normalized spacial score (nSPS) is 23.9. The van der Waals surface area contributed by atoms with Gasteiger partial charge in [0, 0.05) is 0 Å². The summed E-state index contributed by atoms with van der Waals surface area (Å²) in [5.74, 6) is -2.41. The van der Waals surface area contributed by atoms with E-state index in [1.807, 2.05) is 0 Å². The van der Waals surface area contributed by atoms with E-state index >= 15 is 0 Å². The monoisotopic (exact) mass is 437 g/mol. The predicted octanol–water partition coefficient (Wildman–Crippen LogP) is 1.90. The van der Waals surface area contributed by atoms with Gasteiger partial charge in [-0.25, -0.2) is 0 Å². The van der Waals surface area contributed by atoms with Gasteiger partial charge in [-0.3, -0.25) is 9.59 Å². The third-order valence-electron chi connectivity index (χ3n) is 3.34. The first kappa shape index (κ1) is 17.5. The average molecular weight is 437 g/mol. The number of hydrogen-bond acceptors (Lipinski definition) is 2. The average Bonchev–Trinajstić information content (AvgIpc) is 2.67. The molecule has 18 heavy (non-hydrogen) atoms. The number of carboxylic acid groups (broad SMARTS) is 2. The largest absolute Gasteiger partial charge is 2.00 e. The van der Waals surface area contributed by atoms with Crippen LogP contribution < -0.4 is 0 Å². The third kappa shape index (κ3) is 4.04. The second kappa shape index (κ2) is 7.87. The van der Waals surface area contributed by atoms with Crippen molar-refractivity contribution in [1.82, 2.24) is 0 Å². The molecule has 0 amide bonds. The molecule has 0 aromatic rings. The van der Waals surface area contributed by atoms with Crippen molar-refractivity contribution < 1.29 is 40.9 Å². The third-order valence-corrected chi connectivity index (χ3v) is 3.34. The molecule has 106 valence electrons. The van der Waals surface area contributed by atoms with Gasteiger partial charge >= 0.3 is 33.0 Å². The number of carboxylic acids is 2. The number of carbonyl (C=O) groups is 2. The summed E-state index contributed by atoms with van der Waals surface area (Å²) in [7, 11) is 0. The van der Waals surface area contributed by atoms with Crippen LogP contribution in [-0.2, 0) is 30.7 Å². The van der Waals surface area contributed by atoms with E-state index in [1.165, 1.54) is 6.42 Å². The summed E-state index contributed by atoms with van der Waals surface area (Å²) < 4.78 is 0. The standard InChI is InChI=1S/C6H8O4.C5H10N2.Pt/c7-4(8)6(5(9)10)2-1-3-6;6-4-5-2-1-3-7-5;/h1-3H2,(H,7,8)(H,9,10);5-6H,1-4H2;/q;-2;+2. The maximum absolute atomic E-state index is 10.4. The minimum absolute atomic E-state index is 0. The molecule has 1 saturated carbocycles. The molecule has 1 atom stereocenters. The summed E-state index contributed by atoms with van der Waals surface area (Å²) in [5.41, 5.74) is 5.46. The van der Waals surface area contributed by atoms with Crippen molar-refractivity contribution in [3.63, 3.8) is 0 Å².